The van der Waals surface area contributed by atoms with Gasteiger partial charge in [0, 0.05) is 32.1 Å². The zero-order chi connectivity index (χ0) is 17.4. The van der Waals surface area contributed by atoms with Crippen molar-refractivity contribution >= 4 is 11.8 Å². The van der Waals surface area contributed by atoms with E-state index in [4.69, 9.17) is 0 Å². The van der Waals surface area contributed by atoms with E-state index in [0.29, 0.717) is 6.42 Å². The summed E-state index contributed by atoms with van der Waals surface area (Å²) in [4.78, 5) is 25.5. The quantitative estimate of drug-likeness (QED) is 0.799. The number of likely N-dealkylation sites (tertiary alicyclic amines) is 1. The molecule has 0 saturated carbocycles. The normalized spacial score (nSPS) is 15.9. The first-order valence-corrected chi connectivity index (χ1v) is 8.59. The van der Waals surface area contributed by atoms with Gasteiger partial charge in [-0.2, -0.15) is 0 Å². The van der Waals surface area contributed by atoms with Gasteiger partial charge in [0.25, 0.3) is 0 Å². The number of nitrogens with zero attached hydrogens (tertiary/aromatic N) is 1. The second-order valence-electron chi connectivity index (χ2n) is 6.27. The van der Waals surface area contributed by atoms with Gasteiger partial charge in [-0.05, 0) is 37.0 Å². The number of benzene rings is 1. The van der Waals surface area contributed by atoms with Gasteiger partial charge in [-0.15, -0.1) is 0 Å². The van der Waals surface area contributed by atoms with Crippen LogP contribution in [0.15, 0.2) is 24.3 Å². The van der Waals surface area contributed by atoms with Gasteiger partial charge >= 0.3 is 0 Å². The van der Waals surface area contributed by atoms with E-state index < -0.39 is 0 Å². The summed E-state index contributed by atoms with van der Waals surface area (Å²) in [7, 11) is 0. The minimum absolute atomic E-state index is 0.0502. The van der Waals surface area contributed by atoms with Gasteiger partial charge in [0.1, 0.15) is 5.82 Å². The first-order valence-electron chi connectivity index (χ1n) is 8.59. The van der Waals surface area contributed by atoms with Crippen LogP contribution in [-0.2, 0) is 16.1 Å². The molecule has 0 unspecified atom stereocenters. The van der Waals surface area contributed by atoms with Gasteiger partial charge in [-0.1, -0.05) is 19.1 Å². The largest absolute Gasteiger partial charge is 0.352 e. The maximum Gasteiger partial charge on any atom is 0.239 e. The highest BCUT2D eigenvalue weighted by Crippen LogP contribution is 2.14. The van der Waals surface area contributed by atoms with Gasteiger partial charge in [0.15, 0.2) is 0 Å². The second kappa shape index (κ2) is 9.37. The Hall–Kier alpha value is -1.95. The molecule has 6 heteroatoms. The molecule has 1 fully saturated rings. The summed E-state index contributed by atoms with van der Waals surface area (Å²) in [6.07, 6.45) is 3.00. The van der Waals surface area contributed by atoms with Crippen LogP contribution in [0.4, 0.5) is 4.39 Å². The third kappa shape index (κ3) is 6.28. The fourth-order valence-corrected chi connectivity index (χ4v) is 2.86. The Balaban J connectivity index is 1.66. The van der Waals surface area contributed by atoms with Crippen LogP contribution in [0.5, 0.6) is 0 Å². The van der Waals surface area contributed by atoms with Crippen LogP contribution < -0.4 is 10.6 Å². The topological polar surface area (TPSA) is 61.4 Å². The van der Waals surface area contributed by atoms with Crippen molar-refractivity contribution in [2.45, 2.75) is 45.2 Å². The standard InChI is InChI=1S/C18H26FN3O2/c1-2-3-17(23)20-12-18(24)21-16-8-10-22(11-9-16)13-14-4-6-15(19)7-5-14/h4-7,16H,2-3,8-13H2,1H3,(H,20,23)(H,21,24). The SMILES string of the molecule is CCCC(=O)NCC(=O)NC1CCN(Cc2ccc(F)cc2)CC1. The number of nitrogens with one attached hydrogen (secondary N) is 2. The molecule has 0 atom stereocenters. The zero-order valence-corrected chi connectivity index (χ0v) is 14.2. The molecule has 1 aliphatic heterocycles. The summed E-state index contributed by atoms with van der Waals surface area (Å²) in [5, 5.41) is 5.61. The number of hydrogen-bond acceptors (Lipinski definition) is 3. The van der Waals surface area contributed by atoms with Crippen molar-refractivity contribution in [2.75, 3.05) is 19.6 Å². The lowest BCUT2D eigenvalue weighted by Gasteiger charge is -2.32. The van der Waals surface area contributed by atoms with Crippen LogP contribution in [0.3, 0.4) is 0 Å². The van der Waals surface area contributed by atoms with Gasteiger partial charge in [-0.3, -0.25) is 14.5 Å². The van der Waals surface area contributed by atoms with Crippen molar-refractivity contribution in [1.82, 2.24) is 15.5 Å². The molecule has 1 aromatic rings. The molecule has 5 nitrogen and oxygen atoms in total. The molecule has 0 radical (unpaired) electrons. The lowest BCUT2D eigenvalue weighted by Crippen LogP contribution is -2.47. The molecular formula is C18H26FN3O2. The fourth-order valence-electron chi connectivity index (χ4n) is 2.86. The van der Waals surface area contributed by atoms with Crippen molar-refractivity contribution in [1.29, 1.82) is 0 Å². The molecule has 24 heavy (non-hydrogen) atoms. The molecule has 0 aliphatic carbocycles. The highest BCUT2D eigenvalue weighted by molar-refractivity contribution is 5.84. The van der Waals surface area contributed by atoms with Gasteiger partial charge < -0.3 is 10.6 Å². The summed E-state index contributed by atoms with van der Waals surface area (Å²) < 4.78 is 12.9. The number of carbonyl (C=O) groups is 2. The van der Waals surface area contributed by atoms with Gasteiger partial charge in [0.2, 0.25) is 11.8 Å². The molecule has 1 aromatic carbocycles. The van der Waals surface area contributed by atoms with Crippen LogP contribution in [0.2, 0.25) is 0 Å². The molecule has 0 spiro atoms. The van der Waals surface area contributed by atoms with Crippen LogP contribution in [0.25, 0.3) is 0 Å². The summed E-state index contributed by atoms with van der Waals surface area (Å²) in [6.45, 7) is 4.57. The Kier molecular flexibility index (Phi) is 7.18. The minimum Gasteiger partial charge on any atom is -0.352 e. The Morgan fingerprint density at radius 3 is 2.46 bits per heavy atom. The molecular weight excluding hydrogens is 309 g/mol. The summed E-state index contributed by atoms with van der Waals surface area (Å²) in [5.74, 6) is -0.426. The van der Waals surface area contributed by atoms with Crippen molar-refractivity contribution in [3.8, 4) is 0 Å². The second-order valence-corrected chi connectivity index (χ2v) is 6.27. The summed E-state index contributed by atoms with van der Waals surface area (Å²) in [5.41, 5.74) is 1.09. The lowest BCUT2D eigenvalue weighted by atomic mass is 10.0. The Morgan fingerprint density at radius 2 is 1.83 bits per heavy atom. The fraction of sp³-hybridized carbons (Fsp3) is 0.556. The monoisotopic (exact) mass is 335 g/mol. The highest BCUT2D eigenvalue weighted by atomic mass is 19.1. The average molecular weight is 335 g/mol. The predicted octanol–water partition coefficient (Wildman–Crippen LogP) is 1.82. The van der Waals surface area contributed by atoms with E-state index in [1.165, 1.54) is 12.1 Å². The molecule has 1 heterocycles. The van der Waals surface area contributed by atoms with Crippen molar-refractivity contribution < 1.29 is 14.0 Å². The van der Waals surface area contributed by atoms with Crippen molar-refractivity contribution in [3.05, 3.63) is 35.6 Å². The molecule has 0 aromatic heterocycles. The van der Waals surface area contributed by atoms with Crippen LogP contribution in [0, 0.1) is 5.82 Å². The van der Waals surface area contributed by atoms with E-state index in [-0.39, 0.29) is 30.2 Å². The molecule has 1 saturated heterocycles. The Morgan fingerprint density at radius 1 is 1.17 bits per heavy atom. The van der Waals surface area contributed by atoms with Crippen LogP contribution in [0.1, 0.15) is 38.2 Å². The number of carbonyl (C=O) groups excluding carboxylic acids is 2. The average Bonchev–Trinajstić information content (AvgIpc) is 2.57. The summed E-state index contributed by atoms with van der Waals surface area (Å²) in [6, 6.07) is 6.74. The molecule has 1 aliphatic rings. The van der Waals surface area contributed by atoms with E-state index in [1.54, 1.807) is 0 Å². The number of amides is 2. The first kappa shape index (κ1) is 18.4. The Bertz CT molecular complexity index is 540. The first-order chi connectivity index (χ1) is 11.6. The number of hydrogen-bond donors (Lipinski definition) is 2. The molecule has 2 N–H and O–H groups in total. The number of rotatable bonds is 7. The zero-order valence-electron chi connectivity index (χ0n) is 14.2. The number of halogens is 1. The minimum atomic E-state index is -0.216. The van der Waals surface area contributed by atoms with E-state index >= 15 is 0 Å². The lowest BCUT2D eigenvalue weighted by molar-refractivity contribution is -0.126. The van der Waals surface area contributed by atoms with Crippen LogP contribution >= 0.6 is 0 Å². The van der Waals surface area contributed by atoms with E-state index in [0.717, 1.165) is 44.5 Å². The van der Waals surface area contributed by atoms with Gasteiger partial charge in [-0.25, -0.2) is 4.39 Å². The smallest absolute Gasteiger partial charge is 0.239 e. The number of piperidine rings is 1. The maximum atomic E-state index is 12.9. The Labute approximate surface area is 142 Å². The highest BCUT2D eigenvalue weighted by Gasteiger charge is 2.20. The van der Waals surface area contributed by atoms with Crippen LogP contribution in [-0.4, -0.2) is 42.4 Å². The predicted molar refractivity (Wildman–Crippen MR) is 90.8 cm³/mol. The summed E-state index contributed by atoms with van der Waals surface area (Å²) >= 11 is 0. The van der Waals surface area contributed by atoms with E-state index in [2.05, 4.69) is 15.5 Å². The third-order valence-electron chi connectivity index (χ3n) is 4.20. The maximum absolute atomic E-state index is 12.9. The molecule has 2 amide bonds. The van der Waals surface area contributed by atoms with Crippen molar-refractivity contribution in [2.24, 2.45) is 0 Å². The van der Waals surface area contributed by atoms with E-state index in [9.17, 15) is 14.0 Å². The molecule has 0 bridgehead atoms. The molecule has 2 rings (SSSR count). The third-order valence-corrected chi connectivity index (χ3v) is 4.20. The molecule has 132 valence electrons. The van der Waals surface area contributed by atoms with Gasteiger partial charge in [0.05, 0.1) is 6.54 Å². The van der Waals surface area contributed by atoms with Crippen molar-refractivity contribution in [3.63, 3.8) is 0 Å². The van der Waals surface area contributed by atoms with E-state index in [1.807, 2.05) is 19.1 Å².